The molecule has 7 nitrogen and oxygen atoms in total. The van der Waals surface area contributed by atoms with Crippen molar-refractivity contribution in [2.24, 2.45) is 0 Å². The Labute approximate surface area is 154 Å². The number of hydrogen-bond donors (Lipinski definition) is 2. The summed E-state index contributed by atoms with van der Waals surface area (Å²) >= 11 is 0. The van der Waals surface area contributed by atoms with Gasteiger partial charge in [-0.2, -0.15) is 0 Å². The largest absolute Gasteiger partial charge is 0.332 e. The number of anilines is 1. The molecular weight excluding hydrogens is 354 g/mol. The fourth-order valence-corrected chi connectivity index (χ4v) is 4.83. The number of urea groups is 1. The minimum absolute atomic E-state index is 0.387. The molecule has 0 saturated carbocycles. The Morgan fingerprint density at radius 1 is 1.08 bits per heavy atom. The van der Waals surface area contributed by atoms with Gasteiger partial charge >= 0.3 is 6.03 Å². The third-order valence-corrected chi connectivity index (χ3v) is 7.12. The van der Waals surface area contributed by atoms with E-state index >= 15 is 0 Å². The molecule has 2 aliphatic rings. The smallest absolute Gasteiger partial charge is 0.328 e. The summed E-state index contributed by atoms with van der Waals surface area (Å²) in [5.74, 6) is -0.387. The topological polar surface area (TPSA) is 95.6 Å². The van der Waals surface area contributed by atoms with Crippen LogP contribution in [-0.4, -0.2) is 37.7 Å². The molecule has 0 aromatic heterocycles. The van der Waals surface area contributed by atoms with E-state index in [9.17, 15) is 18.0 Å². The van der Waals surface area contributed by atoms with Crippen LogP contribution in [0.2, 0.25) is 0 Å². The molecule has 0 radical (unpaired) electrons. The lowest BCUT2D eigenvalue weighted by molar-refractivity contribution is -0.128. The second-order valence-corrected chi connectivity index (χ2v) is 9.04. The summed E-state index contributed by atoms with van der Waals surface area (Å²) in [6.07, 6.45) is 5.89. The molecule has 142 valence electrons. The molecule has 0 heterocycles. The molecule has 2 N–H and O–H groups in total. The van der Waals surface area contributed by atoms with Gasteiger partial charge in [0.2, 0.25) is 5.91 Å². The molecule has 1 aromatic rings. The monoisotopic (exact) mass is 379 g/mol. The fourth-order valence-electron chi connectivity index (χ4n) is 3.78. The molecule has 0 fully saturated rings. The van der Waals surface area contributed by atoms with Crippen LogP contribution in [0.1, 0.15) is 48.9 Å². The summed E-state index contributed by atoms with van der Waals surface area (Å²) in [4.78, 5) is 24.9. The standard InChI is InChI=1S/C18H25N3O4S/c1-11(22)21(3)12(2)26(24,25)20-18(23)19-17-15-8-4-6-13(15)10-14-7-5-9-16(14)17/h10,12H,4-9H2,1-3H3,(H2,19,20,23). The number of benzene rings is 1. The van der Waals surface area contributed by atoms with Crippen molar-refractivity contribution in [1.29, 1.82) is 0 Å². The highest BCUT2D eigenvalue weighted by Crippen LogP contribution is 2.38. The van der Waals surface area contributed by atoms with Crippen LogP contribution in [0.25, 0.3) is 0 Å². The molecular formula is C18H25N3O4S. The van der Waals surface area contributed by atoms with Crippen molar-refractivity contribution in [2.45, 2.75) is 57.7 Å². The maximum Gasteiger partial charge on any atom is 0.332 e. The number of aryl methyl sites for hydroxylation is 2. The Morgan fingerprint density at radius 2 is 1.62 bits per heavy atom. The second kappa shape index (κ2) is 6.90. The molecule has 26 heavy (non-hydrogen) atoms. The summed E-state index contributed by atoms with van der Waals surface area (Å²) in [7, 11) is -2.62. The summed E-state index contributed by atoms with van der Waals surface area (Å²) in [5, 5.41) is 1.65. The number of rotatable bonds is 4. The molecule has 8 heteroatoms. The highest BCUT2D eigenvalue weighted by Gasteiger charge is 2.30. The van der Waals surface area contributed by atoms with Crippen molar-refractivity contribution >= 4 is 27.6 Å². The van der Waals surface area contributed by atoms with Crippen LogP contribution < -0.4 is 10.0 Å². The predicted molar refractivity (Wildman–Crippen MR) is 99.5 cm³/mol. The van der Waals surface area contributed by atoms with Gasteiger partial charge in [0.1, 0.15) is 5.37 Å². The third kappa shape index (κ3) is 3.42. The van der Waals surface area contributed by atoms with Gasteiger partial charge in [-0.3, -0.25) is 4.79 Å². The van der Waals surface area contributed by atoms with Crippen molar-refractivity contribution in [3.05, 3.63) is 28.3 Å². The van der Waals surface area contributed by atoms with Crippen molar-refractivity contribution in [3.63, 3.8) is 0 Å². The average molecular weight is 379 g/mol. The van der Waals surface area contributed by atoms with E-state index in [0.717, 1.165) is 60.2 Å². The van der Waals surface area contributed by atoms with Gasteiger partial charge in [-0.25, -0.2) is 17.9 Å². The number of hydrogen-bond acceptors (Lipinski definition) is 4. The number of carbonyl (C=O) groups excluding carboxylic acids is 2. The lowest BCUT2D eigenvalue weighted by Crippen LogP contribution is -2.47. The predicted octanol–water partition coefficient (Wildman–Crippen LogP) is 1.94. The molecule has 2 aliphatic carbocycles. The molecule has 0 saturated heterocycles. The Bertz CT molecular complexity index is 831. The Morgan fingerprint density at radius 3 is 2.12 bits per heavy atom. The van der Waals surface area contributed by atoms with E-state index in [1.807, 2.05) is 0 Å². The highest BCUT2D eigenvalue weighted by molar-refractivity contribution is 7.90. The molecule has 1 atom stereocenters. The first-order chi connectivity index (χ1) is 12.2. The number of fused-ring (bicyclic) bond motifs is 2. The lowest BCUT2D eigenvalue weighted by Gasteiger charge is -2.24. The summed E-state index contributed by atoms with van der Waals surface area (Å²) in [5.41, 5.74) is 5.56. The van der Waals surface area contributed by atoms with Gasteiger partial charge in [0.25, 0.3) is 10.0 Å². The van der Waals surface area contributed by atoms with E-state index in [4.69, 9.17) is 0 Å². The van der Waals surface area contributed by atoms with E-state index in [0.29, 0.717) is 0 Å². The first-order valence-electron chi connectivity index (χ1n) is 8.93. The van der Waals surface area contributed by atoms with Gasteiger partial charge in [-0.05, 0) is 67.7 Å². The molecule has 0 spiro atoms. The van der Waals surface area contributed by atoms with Crippen LogP contribution in [0.5, 0.6) is 0 Å². The van der Waals surface area contributed by atoms with Crippen LogP contribution in [-0.2, 0) is 40.5 Å². The van der Waals surface area contributed by atoms with Crippen molar-refractivity contribution in [3.8, 4) is 0 Å². The summed E-state index contributed by atoms with van der Waals surface area (Å²) in [6.45, 7) is 2.65. The highest BCUT2D eigenvalue weighted by atomic mass is 32.2. The van der Waals surface area contributed by atoms with Gasteiger partial charge in [0, 0.05) is 19.7 Å². The molecule has 1 aromatic carbocycles. The average Bonchev–Trinajstić information content (AvgIpc) is 3.21. The maximum absolute atomic E-state index is 12.4. The number of nitrogens with one attached hydrogen (secondary N) is 2. The van der Waals surface area contributed by atoms with E-state index in [1.165, 1.54) is 32.0 Å². The zero-order valence-electron chi connectivity index (χ0n) is 15.4. The Hall–Kier alpha value is -2.09. The van der Waals surface area contributed by atoms with E-state index in [2.05, 4.69) is 16.1 Å². The van der Waals surface area contributed by atoms with Crippen LogP contribution in [0.15, 0.2) is 6.07 Å². The second-order valence-electron chi connectivity index (χ2n) is 7.06. The van der Waals surface area contributed by atoms with E-state index in [1.54, 1.807) is 0 Å². The van der Waals surface area contributed by atoms with Crippen molar-refractivity contribution in [2.75, 3.05) is 12.4 Å². The lowest BCUT2D eigenvalue weighted by atomic mass is 9.99. The minimum Gasteiger partial charge on any atom is -0.328 e. The molecule has 0 bridgehead atoms. The number of sulfonamides is 1. The van der Waals surface area contributed by atoms with Gasteiger partial charge in [0.15, 0.2) is 0 Å². The van der Waals surface area contributed by atoms with Gasteiger partial charge in [-0.1, -0.05) is 6.07 Å². The zero-order valence-corrected chi connectivity index (χ0v) is 16.2. The minimum atomic E-state index is -4.01. The SMILES string of the molecule is CC(=O)N(C)C(C)S(=O)(=O)NC(=O)Nc1c2c(cc3c1CCC3)CCC2. The molecule has 1 unspecified atom stereocenters. The molecule has 3 rings (SSSR count). The van der Waals surface area contributed by atoms with Crippen LogP contribution >= 0.6 is 0 Å². The van der Waals surface area contributed by atoms with Gasteiger partial charge < -0.3 is 10.2 Å². The van der Waals surface area contributed by atoms with Crippen LogP contribution in [0, 0.1) is 0 Å². The van der Waals surface area contributed by atoms with Crippen LogP contribution in [0.3, 0.4) is 0 Å². The van der Waals surface area contributed by atoms with Gasteiger partial charge in [0.05, 0.1) is 0 Å². The normalized spacial score (nSPS) is 16.6. The molecule has 0 aliphatic heterocycles. The maximum atomic E-state index is 12.4. The fraction of sp³-hybridized carbons (Fsp3) is 0.556. The summed E-state index contributed by atoms with van der Waals surface area (Å²) in [6, 6.07) is 1.47. The summed E-state index contributed by atoms with van der Waals surface area (Å²) < 4.78 is 26.8. The molecule has 3 amide bonds. The van der Waals surface area contributed by atoms with Crippen molar-refractivity contribution in [1.82, 2.24) is 9.62 Å². The zero-order chi connectivity index (χ0) is 19.1. The Kier molecular flexibility index (Phi) is 4.96. The van der Waals surface area contributed by atoms with Crippen LogP contribution in [0.4, 0.5) is 10.5 Å². The number of nitrogens with zero attached hydrogens (tertiary/aromatic N) is 1. The Balaban J connectivity index is 1.80. The number of carbonyl (C=O) groups is 2. The third-order valence-electron chi connectivity index (χ3n) is 5.44. The first kappa shape index (κ1) is 18.7. The quantitative estimate of drug-likeness (QED) is 0.836. The van der Waals surface area contributed by atoms with Crippen molar-refractivity contribution < 1.29 is 18.0 Å². The van der Waals surface area contributed by atoms with E-state index in [-0.39, 0.29) is 5.91 Å². The first-order valence-corrected chi connectivity index (χ1v) is 10.5. The van der Waals surface area contributed by atoms with Gasteiger partial charge in [-0.15, -0.1) is 0 Å². The number of amides is 3. The van der Waals surface area contributed by atoms with E-state index < -0.39 is 21.4 Å².